The second-order valence-corrected chi connectivity index (χ2v) is 3.33. The van der Waals surface area contributed by atoms with E-state index in [2.05, 4.69) is 0 Å². The van der Waals surface area contributed by atoms with Crippen LogP contribution >= 0.6 is 0 Å². The van der Waals surface area contributed by atoms with Crippen LogP contribution in [0.15, 0.2) is 23.0 Å². The van der Waals surface area contributed by atoms with Gasteiger partial charge in [0.25, 0.3) is 0 Å². The highest BCUT2D eigenvalue weighted by molar-refractivity contribution is 5.79. The second kappa shape index (κ2) is 3.79. The Morgan fingerprint density at radius 2 is 1.53 bits per heavy atom. The zero-order valence-corrected chi connectivity index (χ0v) is 8.28. The van der Waals surface area contributed by atoms with Crippen LogP contribution in [0.2, 0.25) is 0 Å². The number of nitrogen functional groups attached to an aromatic ring is 1. The number of benzene rings is 1. The Labute approximate surface area is 91.9 Å². The summed E-state index contributed by atoms with van der Waals surface area (Å²) in [4.78, 5) is 11.4. The van der Waals surface area contributed by atoms with Crippen molar-refractivity contribution in [2.45, 2.75) is 13.1 Å². The summed E-state index contributed by atoms with van der Waals surface area (Å²) < 4.78 is 50.5. The van der Waals surface area contributed by atoms with Gasteiger partial charge in [0.1, 0.15) is 0 Å². The highest BCUT2D eigenvalue weighted by Crippen LogP contribution is 2.24. The predicted octanol–water partition coefficient (Wildman–Crippen LogP) is 2.18. The Morgan fingerprint density at radius 3 is 2.06 bits per heavy atom. The van der Waals surface area contributed by atoms with E-state index in [-0.39, 0.29) is 25.9 Å². The Balaban J connectivity index is 2.93. The molecule has 0 aliphatic carbocycles. The zero-order chi connectivity index (χ0) is 12.7. The Hall–Kier alpha value is -1.99. The summed E-state index contributed by atoms with van der Waals surface area (Å²) in [5, 5.41) is 0. The van der Waals surface area contributed by atoms with Crippen LogP contribution in [-0.4, -0.2) is 9.13 Å². The molecule has 0 amide bonds. The van der Waals surface area contributed by atoms with Crippen molar-refractivity contribution in [3.05, 3.63) is 28.7 Å². The van der Waals surface area contributed by atoms with Gasteiger partial charge in [0.05, 0.1) is 11.0 Å². The molecule has 1 aromatic heterocycles. The fourth-order valence-corrected chi connectivity index (χ4v) is 1.64. The van der Waals surface area contributed by atoms with E-state index in [1.54, 1.807) is 0 Å². The number of aromatic nitrogens is 2. The van der Waals surface area contributed by atoms with E-state index in [9.17, 15) is 22.4 Å². The SMILES string of the molecule is Nc1ccc2c(c1)n(C(F)F)c(=O)n2C(F)F. The average molecular weight is 249 g/mol. The summed E-state index contributed by atoms with van der Waals surface area (Å²) in [7, 11) is 0. The smallest absolute Gasteiger partial charge is 0.338 e. The average Bonchev–Trinajstić information content (AvgIpc) is 2.48. The lowest BCUT2D eigenvalue weighted by atomic mass is 10.3. The summed E-state index contributed by atoms with van der Waals surface area (Å²) in [6.45, 7) is -6.39. The first kappa shape index (κ1) is 11.5. The first-order chi connectivity index (χ1) is 7.93. The molecule has 0 radical (unpaired) electrons. The maximum atomic E-state index is 12.6. The molecule has 0 bridgehead atoms. The van der Waals surface area contributed by atoms with Crippen molar-refractivity contribution in [1.82, 2.24) is 9.13 Å². The van der Waals surface area contributed by atoms with Crippen LogP contribution in [0.3, 0.4) is 0 Å². The van der Waals surface area contributed by atoms with Crippen molar-refractivity contribution in [3.8, 4) is 0 Å². The minimum absolute atomic E-state index is 0.000926. The lowest BCUT2D eigenvalue weighted by molar-refractivity contribution is 0.0519. The summed E-state index contributed by atoms with van der Waals surface area (Å²) in [6, 6.07) is 3.43. The largest absolute Gasteiger partial charge is 0.399 e. The quantitative estimate of drug-likeness (QED) is 0.655. The van der Waals surface area contributed by atoms with Crippen molar-refractivity contribution >= 4 is 16.7 Å². The number of anilines is 1. The summed E-state index contributed by atoms with van der Waals surface area (Å²) in [6.07, 6.45) is 0. The van der Waals surface area contributed by atoms with Crippen molar-refractivity contribution in [2.24, 2.45) is 0 Å². The molecule has 8 heteroatoms. The topological polar surface area (TPSA) is 52.9 Å². The summed E-state index contributed by atoms with van der Waals surface area (Å²) in [5.41, 5.74) is 3.43. The molecule has 0 saturated heterocycles. The van der Waals surface area contributed by atoms with Crippen LogP contribution in [0.1, 0.15) is 13.1 Å². The van der Waals surface area contributed by atoms with Gasteiger partial charge in [-0.15, -0.1) is 0 Å². The van der Waals surface area contributed by atoms with Crippen LogP contribution in [0.4, 0.5) is 23.2 Å². The highest BCUT2D eigenvalue weighted by Gasteiger charge is 2.23. The fraction of sp³-hybridized carbons (Fsp3) is 0.222. The fourth-order valence-electron chi connectivity index (χ4n) is 1.64. The van der Waals surface area contributed by atoms with Gasteiger partial charge in [-0.2, -0.15) is 17.6 Å². The van der Waals surface area contributed by atoms with Crippen molar-refractivity contribution in [3.63, 3.8) is 0 Å². The molecule has 1 aromatic carbocycles. The minimum atomic E-state index is -3.20. The number of alkyl halides is 4. The molecule has 0 spiro atoms. The Kier molecular flexibility index (Phi) is 2.56. The Bertz CT molecular complexity index is 616. The lowest BCUT2D eigenvalue weighted by Gasteiger charge is -2.00. The molecule has 0 saturated carbocycles. The van der Waals surface area contributed by atoms with Gasteiger partial charge in [-0.05, 0) is 18.2 Å². The standard InChI is InChI=1S/C9H7F4N3O/c10-7(11)15-5-2-1-4(14)3-6(5)16(8(12)13)9(15)17/h1-3,7-8H,14H2. The molecule has 0 unspecified atom stereocenters. The van der Waals surface area contributed by atoms with E-state index in [4.69, 9.17) is 5.73 Å². The maximum Gasteiger partial charge on any atom is 0.338 e. The molecule has 2 rings (SSSR count). The van der Waals surface area contributed by atoms with Gasteiger partial charge in [0.2, 0.25) is 0 Å². The molecule has 0 aliphatic rings. The number of hydrogen-bond donors (Lipinski definition) is 1. The van der Waals surface area contributed by atoms with Crippen molar-refractivity contribution in [2.75, 3.05) is 5.73 Å². The molecule has 1 heterocycles. The molecule has 17 heavy (non-hydrogen) atoms. The van der Waals surface area contributed by atoms with E-state index in [1.165, 1.54) is 6.07 Å². The highest BCUT2D eigenvalue weighted by atomic mass is 19.3. The number of nitrogens with zero attached hydrogens (tertiary/aromatic N) is 2. The van der Waals surface area contributed by atoms with Crippen LogP contribution < -0.4 is 11.4 Å². The van der Waals surface area contributed by atoms with E-state index in [0.29, 0.717) is 0 Å². The molecular formula is C9H7F4N3O. The third-order valence-corrected chi connectivity index (χ3v) is 2.32. The van der Waals surface area contributed by atoms with Gasteiger partial charge in [-0.1, -0.05) is 0 Å². The monoisotopic (exact) mass is 249 g/mol. The minimum Gasteiger partial charge on any atom is -0.399 e. The molecule has 4 nitrogen and oxygen atoms in total. The Morgan fingerprint density at radius 1 is 1.00 bits per heavy atom. The normalized spacial score (nSPS) is 11.9. The first-order valence-corrected chi connectivity index (χ1v) is 4.51. The van der Waals surface area contributed by atoms with Crippen LogP contribution in [0.5, 0.6) is 0 Å². The van der Waals surface area contributed by atoms with Gasteiger partial charge in [-0.3, -0.25) is 0 Å². The van der Waals surface area contributed by atoms with Crippen LogP contribution in [-0.2, 0) is 0 Å². The van der Waals surface area contributed by atoms with Crippen LogP contribution in [0.25, 0.3) is 11.0 Å². The van der Waals surface area contributed by atoms with Gasteiger partial charge in [0.15, 0.2) is 0 Å². The molecule has 2 N–H and O–H groups in total. The molecule has 0 atom stereocenters. The van der Waals surface area contributed by atoms with Gasteiger partial charge in [0, 0.05) is 5.69 Å². The van der Waals surface area contributed by atoms with E-state index >= 15 is 0 Å². The third-order valence-electron chi connectivity index (χ3n) is 2.32. The molecule has 2 aromatic rings. The molecule has 0 fully saturated rings. The summed E-state index contributed by atoms with van der Waals surface area (Å²) in [5.74, 6) is 0. The molecule has 92 valence electrons. The van der Waals surface area contributed by atoms with Crippen molar-refractivity contribution < 1.29 is 17.6 Å². The number of imidazole rings is 1. The lowest BCUT2D eigenvalue weighted by Crippen LogP contribution is -2.25. The van der Waals surface area contributed by atoms with Crippen LogP contribution in [0, 0.1) is 0 Å². The van der Waals surface area contributed by atoms with E-state index in [1.807, 2.05) is 0 Å². The predicted molar refractivity (Wildman–Crippen MR) is 53.1 cm³/mol. The second-order valence-electron chi connectivity index (χ2n) is 3.33. The zero-order valence-electron chi connectivity index (χ0n) is 8.28. The number of nitrogens with two attached hydrogens (primary N) is 1. The van der Waals surface area contributed by atoms with Crippen molar-refractivity contribution in [1.29, 1.82) is 0 Å². The maximum absolute atomic E-state index is 12.6. The van der Waals surface area contributed by atoms with Gasteiger partial charge < -0.3 is 5.73 Å². The van der Waals surface area contributed by atoms with E-state index < -0.39 is 18.8 Å². The van der Waals surface area contributed by atoms with E-state index in [0.717, 1.165) is 12.1 Å². The first-order valence-electron chi connectivity index (χ1n) is 4.51. The number of halogens is 4. The summed E-state index contributed by atoms with van der Waals surface area (Å²) >= 11 is 0. The molecule has 0 aliphatic heterocycles. The molecular weight excluding hydrogens is 242 g/mol. The number of rotatable bonds is 2. The number of hydrogen-bond acceptors (Lipinski definition) is 2. The third kappa shape index (κ3) is 1.65. The number of fused-ring (bicyclic) bond motifs is 1. The van der Waals surface area contributed by atoms with Gasteiger partial charge in [-0.25, -0.2) is 13.9 Å². The van der Waals surface area contributed by atoms with Gasteiger partial charge >= 0.3 is 18.8 Å².